The van der Waals surface area contributed by atoms with Crippen molar-refractivity contribution < 1.29 is 9.59 Å². The van der Waals surface area contributed by atoms with Gasteiger partial charge >= 0.3 is 0 Å². The summed E-state index contributed by atoms with van der Waals surface area (Å²) in [7, 11) is 0. The Morgan fingerprint density at radius 2 is 2.14 bits per heavy atom. The van der Waals surface area contributed by atoms with E-state index in [9.17, 15) is 9.59 Å². The summed E-state index contributed by atoms with van der Waals surface area (Å²) < 4.78 is 0. The Morgan fingerprint density at radius 3 is 3.05 bits per heavy atom. The molecule has 1 aromatic heterocycles. The number of hydrogen-bond donors (Lipinski definition) is 1. The standard InChI is InChI=1S/C16H17N3O2S/c20-15-8-18(16(21)14-9-22-10-19(14)15)6-5-11-7-17-13-4-2-1-3-12(11)13/h1-4,7,14,17H,5-6,8-10H2/t14-/m0/s1. The molecule has 3 heterocycles. The molecule has 1 atom stereocenters. The normalized spacial score (nSPS) is 21.7. The molecule has 2 fully saturated rings. The zero-order chi connectivity index (χ0) is 15.1. The van der Waals surface area contributed by atoms with Crippen molar-refractivity contribution in [2.75, 3.05) is 24.7 Å². The Labute approximate surface area is 132 Å². The van der Waals surface area contributed by atoms with Crippen LogP contribution in [0.5, 0.6) is 0 Å². The van der Waals surface area contributed by atoms with Gasteiger partial charge in [0, 0.05) is 29.4 Å². The molecule has 0 saturated carbocycles. The number of aromatic nitrogens is 1. The van der Waals surface area contributed by atoms with Gasteiger partial charge in [0.25, 0.3) is 0 Å². The average molecular weight is 315 g/mol. The molecule has 6 heteroatoms. The first-order chi connectivity index (χ1) is 10.7. The Hall–Kier alpha value is -1.95. The van der Waals surface area contributed by atoms with Gasteiger partial charge in [0.1, 0.15) is 6.04 Å². The van der Waals surface area contributed by atoms with Gasteiger partial charge in [-0.3, -0.25) is 9.59 Å². The van der Waals surface area contributed by atoms with Crippen molar-refractivity contribution in [1.29, 1.82) is 0 Å². The predicted octanol–water partition coefficient (Wildman–Crippen LogP) is 1.45. The van der Waals surface area contributed by atoms with E-state index in [-0.39, 0.29) is 24.4 Å². The summed E-state index contributed by atoms with van der Waals surface area (Å²) in [6, 6.07) is 7.90. The number of fused-ring (bicyclic) bond motifs is 2. The van der Waals surface area contributed by atoms with Crippen LogP contribution in [0.3, 0.4) is 0 Å². The van der Waals surface area contributed by atoms with Crippen molar-refractivity contribution in [2.24, 2.45) is 0 Å². The lowest BCUT2D eigenvalue weighted by molar-refractivity contribution is -0.153. The van der Waals surface area contributed by atoms with Gasteiger partial charge < -0.3 is 14.8 Å². The third kappa shape index (κ3) is 2.18. The Bertz CT molecular complexity index is 742. The number of nitrogens with zero attached hydrogens (tertiary/aromatic N) is 2. The van der Waals surface area contributed by atoms with Crippen LogP contribution >= 0.6 is 11.8 Å². The lowest BCUT2D eigenvalue weighted by atomic mass is 10.1. The van der Waals surface area contributed by atoms with E-state index in [1.165, 1.54) is 10.9 Å². The number of nitrogens with one attached hydrogen (secondary N) is 1. The number of piperazine rings is 1. The molecule has 0 spiro atoms. The summed E-state index contributed by atoms with van der Waals surface area (Å²) in [6.07, 6.45) is 2.77. The van der Waals surface area contributed by atoms with Crippen LogP contribution < -0.4 is 0 Å². The molecule has 0 bridgehead atoms. The van der Waals surface area contributed by atoms with Crippen molar-refractivity contribution in [3.05, 3.63) is 36.0 Å². The monoisotopic (exact) mass is 315 g/mol. The molecule has 22 heavy (non-hydrogen) atoms. The van der Waals surface area contributed by atoms with E-state index < -0.39 is 0 Å². The van der Waals surface area contributed by atoms with E-state index >= 15 is 0 Å². The molecule has 0 unspecified atom stereocenters. The second-order valence-corrected chi connectivity index (χ2v) is 6.75. The highest BCUT2D eigenvalue weighted by Gasteiger charge is 2.42. The van der Waals surface area contributed by atoms with E-state index in [1.54, 1.807) is 21.6 Å². The van der Waals surface area contributed by atoms with Crippen molar-refractivity contribution in [3.8, 4) is 0 Å². The second-order valence-electron chi connectivity index (χ2n) is 5.75. The van der Waals surface area contributed by atoms with Crippen LogP contribution in [0.2, 0.25) is 0 Å². The zero-order valence-corrected chi connectivity index (χ0v) is 12.9. The van der Waals surface area contributed by atoms with Crippen LogP contribution in [0, 0.1) is 0 Å². The van der Waals surface area contributed by atoms with Gasteiger partial charge in [-0.2, -0.15) is 0 Å². The van der Waals surface area contributed by atoms with Crippen LogP contribution in [-0.2, 0) is 16.0 Å². The zero-order valence-electron chi connectivity index (χ0n) is 12.1. The Balaban J connectivity index is 1.49. The largest absolute Gasteiger partial charge is 0.361 e. The molecule has 5 nitrogen and oxygen atoms in total. The third-order valence-electron chi connectivity index (χ3n) is 4.45. The van der Waals surface area contributed by atoms with E-state index in [2.05, 4.69) is 11.1 Å². The molecule has 4 rings (SSSR count). The average Bonchev–Trinajstić information content (AvgIpc) is 3.17. The van der Waals surface area contributed by atoms with E-state index in [0.717, 1.165) is 17.7 Å². The Morgan fingerprint density at radius 1 is 1.27 bits per heavy atom. The second kappa shape index (κ2) is 5.35. The highest BCUT2D eigenvalue weighted by Crippen LogP contribution is 2.26. The van der Waals surface area contributed by atoms with Crippen LogP contribution in [0.25, 0.3) is 10.9 Å². The van der Waals surface area contributed by atoms with Crippen LogP contribution in [0.1, 0.15) is 5.56 Å². The molecular formula is C16H17N3O2S. The van der Waals surface area contributed by atoms with Crippen molar-refractivity contribution >= 4 is 34.5 Å². The summed E-state index contributed by atoms with van der Waals surface area (Å²) in [5.41, 5.74) is 2.30. The molecule has 1 aromatic carbocycles. The van der Waals surface area contributed by atoms with Crippen molar-refractivity contribution in [3.63, 3.8) is 0 Å². The highest BCUT2D eigenvalue weighted by atomic mass is 32.2. The highest BCUT2D eigenvalue weighted by molar-refractivity contribution is 7.99. The lowest BCUT2D eigenvalue weighted by Gasteiger charge is -2.35. The SMILES string of the molecule is O=C1[C@@H]2CSCN2C(=O)CN1CCc1c[nH]c2ccccc12. The van der Waals surface area contributed by atoms with Gasteiger partial charge in [-0.15, -0.1) is 11.8 Å². The molecule has 2 aromatic rings. The molecule has 2 amide bonds. The molecule has 0 aliphatic carbocycles. The predicted molar refractivity (Wildman–Crippen MR) is 86.5 cm³/mol. The molecule has 2 aliphatic heterocycles. The summed E-state index contributed by atoms with van der Waals surface area (Å²) in [4.78, 5) is 31.3. The minimum absolute atomic E-state index is 0.0773. The maximum Gasteiger partial charge on any atom is 0.246 e. The summed E-state index contributed by atoms with van der Waals surface area (Å²) in [5, 5.41) is 1.19. The number of hydrogen-bond acceptors (Lipinski definition) is 3. The number of carbonyl (C=O) groups is 2. The van der Waals surface area contributed by atoms with Crippen LogP contribution in [0.15, 0.2) is 30.5 Å². The van der Waals surface area contributed by atoms with Crippen LogP contribution in [0.4, 0.5) is 0 Å². The number of thioether (sulfide) groups is 1. The quantitative estimate of drug-likeness (QED) is 0.933. The topological polar surface area (TPSA) is 56.4 Å². The van der Waals surface area contributed by atoms with E-state index in [0.29, 0.717) is 12.4 Å². The van der Waals surface area contributed by atoms with Gasteiger partial charge in [0.15, 0.2) is 0 Å². The molecule has 2 aliphatic rings. The maximum atomic E-state index is 12.5. The number of H-pyrrole nitrogens is 1. The number of rotatable bonds is 3. The molecule has 0 radical (unpaired) electrons. The Kier molecular flexibility index (Phi) is 3.33. The number of carbonyl (C=O) groups excluding carboxylic acids is 2. The smallest absolute Gasteiger partial charge is 0.246 e. The number of aromatic amines is 1. The van der Waals surface area contributed by atoms with Crippen molar-refractivity contribution in [2.45, 2.75) is 12.5 Å². The van der Waals surface area contributed by atoms with E-state index in [4.69, 9.17) is 0 Å². The molecule has 114 valence electrons. The van der Waals surface area contributed by atoms with Gasteiger partial charge in [-0.25, -0.2) is 0 Å². The van der Waals surface area contributed by atoms with Gasteiger partial charge in [-0.05, 0) is 18.1 Å². The number of benzene rings is 1. The minimum Gasteiger partial charge on any atom is -0.361 e. The summed E-state index contributed by atoms with van der Waals surface area (Å²) in [5.74, 6) is 1.57. The number of para-hydroxylation sites is 1. The fourth-order valence-corrected chi connectivity index (χ4v) is 4.39. The van der Waals surface area contributed by atoms with Crippen molar-refractivity contribution in [1.82, 2.24) is 14.8 Å². The molecule has 1 N–H and O–H groups in total. The summed E-state index contributed by atoms with van der Waals surface area (Å²) in [6.45, 7) is 0.819. The lowest BCUT2D eigenvalue weighted by Crippen LogP contribution is -2.58. The number of amides is 2. The maximum absolute atomic E-state index is 12.5. The molecule has 2 saturated heterocycles. The van der Waals surface area contributed by atoms with Crippen LogP contribution in [-0.4, -0.2) is 57.4 Å². The first-order valence-corrected chi connectivity index (χ1v) is 8.60. The first kappa shape index (κ1) is 13.7. The first-order valence-electron chi connectivity index (χ1n) is 7.45. The van der Waals surface area contributed by atoms with Gasteiger partial charge in [0.2, 0.25) is 11.8 Å². The minimum atomic E-state index is -0.241. The van der Waals surface area contributed by atoms with Gasteiger partial charge in [0.05, 0.1) is 12.4 Å². The fraction of sp³-hybridized carbons (Fsp3) is 0.375. The third-order valence-corrected chi connectivity index (χ3v) is 5.46. The van der Waals surface area contributed by atoms with Gasteiger partial charge in [-0.1, -0.05) is 18.2 Å². The summed E-state index contributed by atoms with van der Waals surface area (Å²) >= 11 is 1.66. The van der Waals surface area contributed by atoms with E-state index in [1.807, 2.05) is 24.4 Å². The fourth-order valence-electron chi connectivity index (χ4n) is 3.22. The molecular weight excluding hydrogens is 298 g/mol.